The third-order valence-electron chi connectivity index (χ3n) is 3.01. The van der Waals surface area contributed by atoms with Crippen molar-refractivity contribution in [3.05, 3.63) is 41.7 Å². The molecule has 21 heavy (non-hydrogen) atoms. The van der Waals surface area contributed by atoms with Crippen molar-refractivity contribution in [1.29, 1.82) is 0 Å². The van der Waals surface area contributed by atoms with E-state index in [0.29, 0.717) is 16.4 Å². The van der Waals surface area contributed by atoms with Crippen LogP contribution < -0.4 is 0 Å². The molecule has 0 spiro atoms. The van der Waals surface area contributed by atoms with Gasteiger partial charge in [0.25, 0.3) is 0 Å². The Morgan fingerprint density at radius 2 is 1.76 bits per heavy atom. The van der Waals surface area contributed by atoms with Crippen molar-refractivity contribution in [2.24, 2.45) is 0 Å². The first-order chi connectivity index (χ1) is 9.75. The molecule has 1 aromatic carbocycles. The largest absolute Gasteiger partial charge is 0.480 e. The van der Waals surface area contributed by atoms with Crippen LogP contribution in [-0.4, -0.2) is 36.4 Å². The number of carbonyl (C=O) groups is 1. The SMILES string of the molecule is O=C(O)C1CC=CCN1S(=O)(=O)c1cc(F)c(F)c(F)c1. The number of benzene rings is 1. The van der Waals surface area contributed by atoms with E-state index in [4.69, 9.17) is 5.11 Å². The summed E-state index contributed by atoms with van der Waals surface area (Å²) in [6.45, 7) is -0.250. The molecule has 9 heteroatoms. The number of halogens is 3. The molecule has 1 N–H and O–H groups in total. The molecule has 0 fully saturated rings. The van der Waals surface area contributed by atoms with Gasteiger partial charge in [0, 0.05) is 6.54 Å². The van der Waals surface area contributed by atoms with E-state index in [1.54, 1.807) is 0 Å². The van der Waals surface area contributed by atoms with E-state index in [1.807, 2.05) is 0 Å². The van der Waals surface area contributed by atoms with E-state index in [-0.39, 0.29) is 13.0 Å². The van der Waals surface area contributed by atoms with Gasteiger partial charge in [0.05, 0.1) is 4.90 Å². The summed E-state index contributed by atoms with van der Waals surface area (Å²) in [5.41, 5.74) is 0. The summed E-state index contributed by atoms with van der Waals surface area (Å²) in [7, 11) is -4.46. The molecular formula is C12H10F3NO4S. The lowest BCUT2D eigenvalue weighted by molar-refractivity contribution is -0.141. The van der Waals surface area contributed by atoms with E-state index >= 15 is 0 Å². The van der Waals surface area contributed by atoms with Gasteiger partial charge in [-0.3, -0.25) is 4.79 Å². The fourth-order valence-electron chi connectivity index (χ4n) is 1.95. The zero-order chi connectivity index (χ0) is 15.8. The zero-order valence-corrected chi connectivity index (χ0v) is 11.3. The fraction of sp³-hybridized carbons (Fsp3) is 0.250. The fourth-order valence-corrected chi connectivity index (χ4v) is 3.52. The Balaban J connectivity index is 2.51. The van der Waals surface area contributed by atoms with Gasteiger partial charge in [-0.2, -0.15) is 4.31 Å². The molecule has 0 radical (unpaired) electrons. The molecule has 1 heterocycles. The molecule has 0 saturated heterocycles. The first-order valence-electron chi connectivity index (χ1n) is 5.79. The van der Waals surface area contributed by atoms with Crippen LogP contribution in [0.15, 0.2) is 29.2 Å². The second kappa shape index (κ2) is 5.49. The first kappa shape index (κ1) is 15.5. The number of sulfonamides is 1. The highest BCUT2D eigenvalue weighted by Crippen LogP contribution is 2.25. The number of nitrogens with zero attached hydrogens (tertiary/aromatic N) is 1. The van der Waals surface area contributed by atoms with Crippen LogP contribution in [-0.2, 0) is 14.8 Å². The van der Waals surface area contributed by atoms with Gasteiger partial charge in [-0.1, -0.05) is 12.2 Å². The van der Waals surface area contributed by atoms with Gasteiger partial charge < -0.3 is 5.11 Å². The van der Waals surface area contributed by atoms with Gasteiger partial charge in [-0.15, -0.1) is 0 Å². The lowest BCUT2D eigenvalue weighted by Crippen LogP contribution is -2.46. The van der Waals surface area contributed by atoms with Crippen LogP contribution in [0.5, 0.6) is 0 Å². The molecule has 114 valence electrons. The molecule has 0 saturated carbocycles. The summed E-state index contributed by atoms with van der Waals surface area (Å²) in [5, 5.41) is 9.02. The number of hydrogen-bond donors (Lipinski definition) is 1. The Hall–Kier alpha value is -1.87. The van der Waals surface area contributed by atoms with Crippen LogP contribution >= 0.6 is 0 Å². The van der Waals surface area contributed by atoms with Gasteiger partial charge in [-0.25, -0.2) is 21.6 Å². The molecule has 1 aliphatic rings. The van der Waals surface area contributed by atoms with Crippen molar-refractivity contribution in [2.75, 3.05) is 6.54 Å². The monoisotopic (exact) mass is 321 g/mol. The summed E-state index contributed by atoms with van der Waals surface area (Å²) in [6, 6.07) is -0.730. The predicted octanol–water partition coefficient (Wildman–Crippen LogP) is 1.51. The molecule has 0 bridgehead atoms. The molecule has 1 atom stereocenters. The lowest BCUT2D eigenvalue weighted by atomic mass is 10.1. The molecule has 0 aliphatic carbocycles. The van der Waals surface area contributed by atoms with Gasteiger partial charge in [0.1, 0.15) is 6.04 Å². The second-order valence-electron chi connectivity index (χ2n) is 4.34. The Labute approximate surface area is 118 Å². The second-order valence-corrected chi connectivity index (χ2v) is 6.23. The number of carboxylic acids is 1. The highest BCUT2D eigenvalue weighted by atomic mass is 32.2. The first-order valence-corrected chi connectivity index (χ1v) is 7.23. The van der Waals surface area contributed by atoms with E-state index < -0.39 is 44.4 Å². The molecule has 1 unspecified atom stereocenters. The third kappa shape index (κ3) is 2.79. The van der Waals surface area contributed by atoms with Gasteiger partial charge in [-0.05, 0) is 18.6 Å². The third-order valence-corrected chi connectivity index (χ3v) is 4.86. The maximum atomic E-state index is 13.2. The van der Waals surface area contributed by atoms with Crippen molar-refractivity contribution >= 4 is 16.0 Å². The molecule has 0 aromatic heterocycles. The van der Waals surface area contributed by atoms with Crippen LogP contribution in [0.25, 0.3) is 0 Å². The Kier molecular flexibility index (Phi) is 4.06. The Bertz CT molecular complexity index is 694. The van der Waals surface area contributed by atoms with Gasteiger partial charge in [0.2, 0.25) is 10.0 Å². The van der Waals surface area contributed by atoms with E-state index in [0.717, 1.165) is 0 Å². The number of carboxylic acid groups (broad SMARTS) is 1. The van der Waals surface area contributed by atoms with Crippen molar-refractivity contribution in [2.45, 2.75) is 17.4 Å². The van der Waals surface area contributed by atoms with E-state index in [9.17, 15) is 26.4 Å². The van der Waals surface area contributed by atoms with Crippen LogP contribution in [0.3, 0.4) is 0 Å². The molecule has 1 aliphatic heterocycles. The minimum Gasteiger partial charge on any atom is -0.480 e. The van der Waals surface area contributed by atoms with E-state index in [1.165, 1.54) is 12.2 Å². The summed E-state index contributed by atoms with van der Waals surface area (Å²) >= 11 is 0. The van der Waals surface area contributed by atoms with Crippen LogP contribution in [0.2, 0.25) is 0 Å². The zero-order valence-electron chi connectivity index (χ0n) is 10.5. The Morgan fingerprint density at radius 3 is 2.29 bits per heavy atom. The minimum absolute atomic E-state index is 0.0687. The average Bonchev–Trinajstić information content (AvgIpc) is 2.44. The van der Waals surface area contributed by atoms with Crippen LogP contribution in [0, 0.1) is 17.5 Å². The van der Waals surface area contributed by atoms with Gasteiger partial charge in [0.15, 0.2) is 17.5 Å². The topological polar surface area (TPSA) is 74.7 Å². The maximum Gasteiger partial charge on any atom is 0.322 e. The normalized spacial score (nSPS) is 19.7. The number of hydrogen-bond acceptors (Lipinski definition) is 3. The highest BCUT2D eigenvalue weighted by Gasteiger charge is 2.36. The quantitative estimate of drug-likeness (QED) is 0.676. The summed E-state index contributed by atoms with van der Waals surface area (Å²) in [6.07, 6.45) is 2.85. The lowest BCUT2D eigenvalue weighted by Gasteiger charge is -2.29. The van der Waals surface area contributed by atoms with Crippen LogP contribution in [0.1, 0.15) is 6.42 Å². The summed E-state index contributed by atoms with van der Waals surface area (Å²) < 4.78 is 64.4. The van der Waals surface area contributed by atoms with E-state index in [2.05, 4.69) is 0 Å². The molecule has 2 rings (SSSR count). The van der Waals surface area contributed by atoms with Crippen molar-refractivity contribution in [1.82, 2.24) is 4.31 Å². The summed E-state index contributed by atoms with van der Waals surface area (Å²) in [5.74, 6) is -6.49. The van der Waals surface area contributed by atoms with Crippen molar-refractivity contribution < 1.29 is 31.5 Å². The average molecular weight is 321 g/mol. The van der Waals surface area contributed by atoms with Crippen molar-refractivity contribution in [3.8, 4) is 0 Å². The minimum atomic E-state index is -4.46. The molecular weight excluding hydrogens is 311 g/mol. The predicted molar refractivity (Wildman–Crippen MR) is 65.4 cm³/mol. The van der Waals surface area contributed by atoms with Crippen molar-refractivity contribution in [3.63, 3.8) is 0 Å². The van der Waals surface area contributed by atoms with Gasteiger partial charge >= 0.3 is 5.97 Å². The number of aliphatic carboxylic acids is 1. The summed E-state index contributed by atoms with van der Waals surface area (Å²) in [4.78, 5) is 10.2. The molecule has 1 aromatic rings. The van der Waals surface area contributed by atoms with Crippen LogP contribution in [0.4, 0.5) is 13.2 Å². The highest BCUT2D eigenvalue weighted by molar-refractivity contribution is 7.89. The Morgan fingerprint density at radius 1 is 1.19 bits per heavy atom. The standard InChI is InChI=1S/C12H10F3NO4S/c13-8-5-7(6-9(14)11(8)15)21(19,20)16-4-2-1-3-10(16)12(17)18/h1-2,5-6,10H,3-4H2,(H,17,18). The smallest absolute Gasteiger partial charge is 0.322 e. The maximum absolute atomic E-state index is 13.2. The molecule has 5 nitrogen and oxygen atoms in total. The molecule has 0 amide bonds. The number of rotatable bonds is 3.